The van der Waals surface area contributed by atoms with E-state index >= 15 is 0 Å². The fraction of sp³-hybridized carbons (Fsp3) is 0.190. The fourth-order valence-electron chi connectivity index (χ4n) is 2.88. The van der Waals surface area contributed by atoms with E-state index in [1.807, 2.05) is 50.2 Å². The van der Waals surface area contributed by atoms with Crippen molar-refractivity contribution in [1.82, 2.24) is 9.97 Å². The number of H-pyrrole nitrogens is 1. The normalized spacial score (nSPS) is 12.6. The van der Waals surface area contributed by atoms with Crippen LogP contribution in [0, 0.1) is 17.1 Å². The number of fused-ring (bicyclic) bond motifs is 1. The van der Waals surface area contributed by atoms with Crippen LogP contribution in [0.4, 0.5) is 4.39 Å². The molecule has 0 radical (unpaired) electrons. The molecule has 1 N–H and O–H groups in total. The Hall–Kier alpha value is -3.46. The van der Waals surface area contributed by atoms with E-state index in [2.05, 4.69) is 15.0 Å². The zero-order valence-electron chi connectivity index (χ0n) is 15.4. The maximum absolute atomic E-state index is 13.9. The molecule has 27 heavy (non-hydrogen) atoms. The lowest BCUT2D eigenvalue weighted by atomic mass is 10.0. The monoisotopic (exact) mass is 362 g/mol. The molecule has 0 spiro atoms. The summed E-state index contributed by atoms with van der Waals surface area (Å²) in [5.74, 6) is 0.547. The van der Waals surface area contributed by atoms with Gasteiger partial charge in [-0.3, -0.25) is 4.99 Å². The molecule has 3 aromatic rings. The van der Waals surface area contributed by atoms with Crippen LogP contribution >= 0.6 is 0 Å². The van der Waals surface area contributed by atoms with Crippen LogP contribution in [0.25, 0.3) is 16.6 Å². The van der Waals surface area contributed by atoms with Gasteiger partial charge in [0.15, 0.2) is 5.76 Å². The van der Waals surface area contributed by atoms with Gasteiger partial charge in [-0.25, -0.2) is 9.37 Å². The molecule has 0 aliphatic rings. The molecular weight excluding hydrogens is 343 g/mol. The maximum atomic E-state index is 13.9. The van der Waals surface area contributed by atoms with Crippen molar-refractivity contribution in [2.45, 2.75) is 13.8 Å². The highest BCUT2D eigenvalue weighted by atomic mass is 19.1. The molecule has 0 saturated heterocycles. The molecule has 6 heteroatoms. The van der Waals surface area contributed by atoms with Crippen LogP contribution in [0.2, 0.25) is 0 Å². The molecule has 0 atom stereocenters. The summed E-state index contributed by atoms with van der Waals surface area (Å²) in [6.45, 7) is 4.42. The number of benzene rings is 2. The first-order chi connectivity index (χ1) is 13.1. The minimum Gasteiger partial charge on any atom is -0.494 e. The first kappa shape index (κ1) is 18.3. The molecule has 3 rings (SSSR count). The first-order valence-corrected chi connectivity index (χ1v) is 8.53. The number of hydrogen-bond donors (Lipinski definition) is 1. The molecule has 2 aromatic carbocycles. The van der Waals surface area contributed by atoms with Crippen molar-refractivity contribution in [3.05, 3.63) is 71.0 Å². The van der Waals surface area contributed by atoms with Gasteiger partial charge in [-0.2, -0.15) is 5.26 Å². The van der Waals surface area contributed by atoms with Crippen molar-refractivity contribution in [1.29, 1.82) is 5.26 Å². The Bertz CT molecular complexity index is 1070. The zero-order chi connectivity index (χ0) is 19.4. The van der Waals surface area contributed by atoms with Crippen molar-refractivity contribution >= 4 is 22.3 Å². The fourth-order valence-corrected chi connectivity index (χ4v) is 2.88. The van der Waals surface area contributed by atoms with E-state index in [4.69, 9.17) is 10.00 Å². The minimum absolute atomic E-state index is 0.0355. The second-order valence-electron chi connectivity index (χ2n) is 5.89. The largest absolute Gasteiger partial charge is 0.494 e. The Labute approximate surface area is 156 Å². The van der Waals surface area contributed by atoms with Crippen molar-refractivity contribution < 1.29 is 9.13 Å². The second-order valence-corrected chi connectivity index (χ2v) is 5.89. The number of aliphatic imine (C=N–C) groups is 1. The summed E-state index contributed by atoms with van der Waals surface area (Å²) in [5.41, 5.74) is 3.40. The molecule has 0 saturated carbocycles. The van der Waals surface area contributed by atoms with Gasteiger partial charge in [0.05, 0.1) is 23.7 Å². The van der Waals surface area contributed by atoms with Gasteiger partial charge >= 0.3 is 0 Å². The number of nitrogens with zero attached hydrogens (tertiary/aromatic N) is 3. The Balaban J connectivity index is 2.15. The Morgan fingerprint density at radius 3 is 2.67 bits per heavy atom. The van der Waals surface area contributed by atoms with Crippen LogP contribution in [0.15, 0.2) is 53.2 Å². The SMILES string of the molecule is CCN=C(/C(OC)=C(\C)c1nc2cc(C#N)c(F)cc2[nH]1)c1ccccc1. The van der Waals surface area contributed by atoms with Crippen molar-refractivity contribution in [2.24, 2.45) is 4.99 Å². The molecule has 0 aliphatic carbocycles. The highest BCUT2D eigenvalue weighted by Crippen LogP contribution is 2.24. The van der Waals surface area contributed by atoms with Gasteiger partial charge in [0, 0.05) is 23.7 Å². The Morgan fingerprint density at radius 1 is 1.30 bits per heavy atom. The number of nitriles is 1. The van der Waals surface area contributed by atoms with E-state index in [0.717, 1.165) is 16.8 Å². The van der Waals surface area contributed by atoms with Crippen molar-refractivity contribution in [3.63, 3.8) is 0 Å². The summed E-state index contributed by atoms with van der Waals surface area (Å²) >= 11 is 0. The standard InChI is InChI=1S/C21H19FN4O/c1-4-24-19(14-8-6-5-7-9-14)20(27-3)13(2)21-25-17-10-15(12-23)16(22)11-18(17)26-21/h5-11H,4H2,1-3H3,(H,25,26)/b20-13-,24-19?. The summed E-state index contributed by atoms with van der Waals surface area (Å²) < 4.78 is 19.5. The molecule has 1 heterocycles. The summed E-state index contributed by atoms with van der Waals surface area (Å²) in [7, 11) is 1.59. The van der Waals surface area contributed by atoms with Crippen LogP contribution in [-0.2, 0) is 4.74 Å². The smallest absolute Gasteiger partial charge is 0.151 e. The van der Waals surface area contributed by atoms with E-state index in [1.165, 1.54) is 12.1 Å². The number of hydrogen-bond acceptors (Lipinski definition) is 4. The number of methoxy groups -OCH3 is 1. The number of aromatic amines is 1. The molecule has 0 bridgehead atoms. The van der Waals surface area contributed by atoms with E-state index in [0.29, 0.717) is 29.2 Å². The second kappa shape index (κ2) is 7.83. The Kier molecular flexibility index (Phi) is 5.32. The van der Waals surface area contributed by atoms with Crippen LogP contribution in [0.5, 0.6) is 0 Å². The van der Waals surface area contributed by atoms with Crippen LogP contribution in [0.3, 0.4) is 0 Å². The number of allylic oxidation sites excluding steroid dienone is 2. The number of halogens is 1. The average Bonchev–Trinajstić information content (AvgIpc) is 3.10. The number of ether oxygens (including phenoxy) is 1. The lowest BCUT2D eigenvalue weighted by Crippen LogP contribution is -2.10. The molecule has 0 aliphatic heterocycles. The highest BCUT2D eigenvalue weighted by Gasteiger charge is 2.18. The third-order valence-corrected chi connectivity index (χ3v) is 4.17. The van der Waals surface area contributed by atoms with E-state index in [1.54, 1.807) is 7.11 Å². The van der Waals surface area contributed by atoms with Gasteiger partial charge in [0.25, 0.3) is 0 Å². The van der Waals surface area contributed by atoms with E-state index in [-0.39, 0.29) is 5.56 Å². The molecule has 0 amide bonds. The molecule has 1 aromatic heterocycles. The first-order valence-electron chi connectivity index (χ1n) is 8.53. The maximum Gasteiger partial charge on any atom is 0.151 e. The van der Waals surface area contributed by atoms with Crippen molar-refractivity contribution in [3.8, 4) is 6.07 Å². The van der Waals surface area contributed by atoms with Crippen LogP contribution in [-0.4, -0.2) is 29.3 Å². The third-order valence-electron chi connectivity index (χ3n) is 4.17. The summed E-state index contributed by atoms with van der Waals surface area (Å²) in [6.07, 6.45) is 0. The minimum atomic E-state index is -0.577. The predicted molar refractivity (Wildman–Crippen MR) is 104 cm³/mol. The summed E-state index contributed by atoms with van der Waals surface area (Å²) in [6, 6.07) is 14.3. The third kappa shape index (κ3) is 3.58. The number of aromatic nitrogens is 2. The quantitative estimate of drug-likeness (QED) is 0.538. The van der Waals surface area contributed by atoms with Crippen molar-refractivity contribution in [2.75, 3.05) is 13.7 Å². The van der Waals surface area contributed by atoms with Gasteiger partial charge < -0.3 is 9.72 Å². The van der Waals surface area contributed by atoms with Gasteiger partial charge in [0.1, 0.15) is 23.4 Å². The van der Waals surface area contributed by atoms with Gasteiger partial charge in [0.2, 0.25) is 0 Å². The number of rotatable bonds is 5. The summed E-state index contributed by atoms with van der Waals surface area (Å²) in [5, 5.41) is 9.01. The van der Waals surface area contributed by atoms with Gasteiger partial charge in [-0.1, -0.05) is 30.3 Å². The van der Waals surface area contributed by atoms with Gasteiger partial charge in [-0.05, 0) is 19.9 Å². The lowest BCUT2D eigenvalue weighted by molar-refractivity contribution is 0.316. The van der Waals surface area contributed by atoms with Crippen LogP contribution < -0.4 is 0 Å². The molecule has 5 nitrogen and oxygen atoms in total. The molecule has 0 fully saturated rings. The Morgan fingerprint density at radius 2 is 2.04 bits per heavy atom. The average molecular weight is 362 g/mol. The van der Waals surface area contributed by atoms with E-state index < -0.39 is 5.82 Å². The number of nitrogens with one attached hydrogen (secondary N) is 1. The summed E-state index contributed by atoms with van der Waals surface area (Å²) in [4.78, 5) is 12.2. The topological polar surface area (TPSA) is 74.1 Å². The molecular formula is C21H19FN4O. The zero-order valence-corrected chi connectivity index (χ0v) is 15.4. The molecule has 136 valence electrons. The highest BCUT2D eigenvalue weighted by molar-refractivity contribution is 6.15. The molecule has 0 unspecified atom stereocenters. The van der Waals surface area contributed by atoms with Gasteiger partial charge in [-0.15, -0.1) is 0 Å². The number of imidazole rings is 1. The van der Waals surface area contributed by atoms with E-state index in [9.17, 15) is 4.39 Å². The predicted octanol–water partition coefficient (Wildman–Crippen LogP) is 4.46. The van der Waals surface area contributed by atoms with Crippen LogP contribution in [0.1, 0.15) is 30.8 Å². The lowest BCUT2D eigenvalue weighted by Gasteiger charge is -2.13.